The van der Waals surface area contributed by atoms with Crippen molar-refractivity contribution < 1.29 is 89.9 Å². The molecule has 1 saturated heterocycles. The Morgan fingerprint density at radius 1 is 0.753 bits per heavy atom. The highest BCUT2D eigenvalue weighted by Crippen LogP contribution is 2.36. The number of nitrogens with one attached hydrogen (secondary N) is 1. The van der Waals surface area contributed by atoms with E-state index in [1.54, 1.807) is 46.9 Å². The first-order valence-corrected chi connectivity index (χ1v) is 28.2. The molecule has 1 fully saturated rings. The summed E-state index contributed by atoms with van der Waals surface area (Å²) in [5.74, 6) is -8.17. The molecule has 0 radical (unpaired) electrons. The van der Waals surface area contributed by atoms with E-state index >= 15 is 0 Å². The first-order valence-electron chi connectivity index (χ1n) is 28.2. The van der Waals surface area contributed by atoms with Crippen LogP contribution in [0.1, 0.15) is 170 Å². The zero-order chi connectivity index (χ0) is 58.2. The predicted octanol–water partition coefficient (Wildman–Crippen LogP) is 2.87. The number of nitrogens with two attached hydrogens (primary N) is 1. The molecule has 2 aliphatic heterocycles. The Balaban J connectivity index is 2.40. The number of rotatable bonds is 13. The summed E-state index contributed by atoms with van der Waals surface area (Å²) in [6.07, 6.45) is -6.59. The topological polar surface area (TPSA) is 372 Å². The summed E-state index contributed by atoms with van der Waals surface area (Å²) >= 11 is 0. The largest absolute Gasteiger partial charge is 0.481 e. The molecule has 2 aliphatic rings. The second kappa shape index (κ2) is 35.4. The molecule has 21 heteroatoms. The van der Waals surface area contributed by atoms with Crippen LogP contribution in [0.2, 0.25) is 0 Å². The van der Waals surface area contributed by atoms with Gasteiger partial charge in [-0.1, -0.05) is 91.9 Å². The van der Waals surface area contributed by atoms with E-state index in [2.05, 4.69) is 10.3 Å². The van der Waals surface area contributed by atoms with E-state index in [4.69, 9.17) is 19.9 Å². The lowest BCUT2D eigenvalue weighted by atomic mass is 9.83. The molecule has 2 bridgehead atoms. The Morgan fingerprint density at radius 3 is 2.01 bits per heavy atom. The number of unbranched alkanes of at least 4 members (excludes halogenated alkanes) is 5. The van der Waals surface area contributed by atoms with Crippen LogP contribution in [0.5, 0.6) is 0 Å². The van der Waals surface area contributed by atoms with E-state index in [-0.39, 0.29) is 69.1 Å². The van der Waals surface area contributed by atoms with Crippen LogP contribution >= 0.6 is 0 Å². The fourth-order valence-electron chi connectivity index (χ4n) is 10.3. The van der Waals surface area contributed by atoms with Crippen LogP contribution in [0.15, 0.2) is 28.8 Å². The number of hydrogen-bond donors (Lipinski definition) is 14. The molecule has 448 valence electrons. The molecule has 20 unspecified atom stereocenters. The summed E-state index contributed by atoms with van der Waals surface area (Å²) in [5, 5.41) is 135. The van der Waals surface area contributed by atoms with E-state index in [1.165, 1.54) is 6.08 Å². The monoisotopic (exact) mass is 1100 g/mol. The molecule has 2 rings (SSSR count). The van der Waals surface area contributed by atoms with Gasteiger partial charge in [-0.15, -0.1) is 0 Å². The van der Waals surface area contributed by atoms with Gasteiger partial charge in [0.1, 0.15) is 24.7 Å². The lowest BCUT2D eigenvalue weighted by Crippen LogP contribution is -2.60. The Kier molecular flexibility index (Phi) is 32.1. The number of hydrogen-bond acceptors (Lipinski definition) is 18. The molecular weight excluding hydrogens is 1000 g/mol. The number of carbonyl (C=O) groups excluding carboxylic acids is 2. The smallest absolute Gasteiger partial charge is 0.333 e. The minimum Gasteiger partial charge on any atom is -0.481 e. The Bertz CT molecular complexity index is 1810. The number of aliphatic carboxylic acids is 1. The molecule has 0 aliphatic carbocycles. The number of carbonyl (C=O) groups is 3. The van der Waals surface area contributed by atoms with Gasteiger partial charge in [0.2, 0.25) is 0 Å². The number of allylic oxidation sites excluding steroid dienone is 1. The quantitative estimate of drug-likeness (QED) is 0.0315. The number of nitrogens with zero attached hydrogens (tertiary/aromatic N) is 1. The first kappa shape index (κ1) is 69.8. The van der Waals surface area contributed by atoms with E-state index < -0.39 is 134 Å². The molecule has 2 heterocycles. The van der Waals surface area contributed by atoms with Crippen molar-refractivity contribution in [3.63, 3.8) is 0 Å². The number of aliphatic imine (C=N–C) groups is 1. The predicted molar refractivity (Wildman–Crippen MR) is 288 cm³/mol. The average molecular weight is 1100 g/mol. The Labute approximate surface area is 457 Å². The molecule has 15 N–H and O–H groups in total. The van der Waals surface area contributed by atoms with Crippen molar-refractivity contribution in [2.45, 2.75) is 256 Å². The fraction of sp³-hybridized carbons (Fsp3) is 0.857. The van der Waals surface area contributed by atoms with Gasteiger partial charge in [-0.3, -0.25) is 14.6 Å². The number of guanidine groups is 1. The average Bonchev–Trinajstić information content (AvgIpc) is 3.35. The van der Waals surface area contributed by atoms with E-state index in [1.807, 2.05) is 20.8 Å². The van der Waals surface area contributed by atoms with Gasteiger partial charge in [-0.05, 0) is 82.5 Å². The lowest BCUT2D eigenvalue weighted by molar-refractivity contribution is -0.333. The molecular formula is C56H101N3O18. The highest BCUT2D eigenvalue weighted by Gasteiger charge is 2.50. The molecule has 21 nitrogen and oxygen atoms in total. The maximum absolute atomic E-state index is 13.7. The number of aliphatic hydroxyl groups excluding tert-OH is 10. The van der Waals surface area contributed by atoms with Crippen molar-refractivity contribution in [3.8, 4) is 0 Å². The Hall–Kier alpha value is -3.32. The zero-order valence-corrected chi connectivity index (χ0v) is 47.2. The molecule has 0 amide bonds. The third-order valence-corrected chi connectivity index (χ3v) is 16.0. The standard InChI is InChI=1S/C56H101N3O18/c1-32-17-15-18-36(5)54(73)76-52(34(3)16-13-11-9-10-12-14-23-59-55(57)58-8)35(4)20-22-44(63)37(6)46(65)26-40(61)24-39(60)25-41(75-51(71)30-50(69)70)27-42-28-48(67)53(72)56(74,77-42)31-49(68)33(2)19-21-43(62)38(7)47(66)29-45(32)64/h18,20,22,32-35,37-49,52-53,60-68,72,74H,9-17,19,21,23-31H2,1-8H3,(H,69,70)(H3,57,58,59). The van der Waals surface area contributed by atoms with Crippen LogP contribution in [0.4, 0.5) is 0 Å². The third kappa shape index (κ3) is 25.8. The fourth-order valence-corrected chi connectivity index (χ4v) is 10.3. The summed E-state index contributed by atoms with van der Waals surface area (Å²) in [5.41, 5.74) is 6.08. The van der Waals surface area contributed by atoms with Crippen LogP contribution in [0.3, 0.4) is 0 Å². The molecule has 20 atom stereocenters. The summed E-state index contributed by atoms with van der Waals surface area (Å²) in [4.78, 5) is 41.6. The van der Waals surface area contributed by atoms with Crippen LogP contribution in [0.25, 0.3) is 0 Å². The number of carboxylic acid groups (broad SMARTS) is 1. The minimum absolute atomic E-state index is 0.0339. The van der Waals surface area contributed by atoms with Gasteiger partial charge in [0, 0.05) is 62.6 Å². The van der Waals surface area contributed by atoms with Crippen LogP contribution in [-0.4, -0.2) is 184 Å². The SMILES string of the molecule is CN=C(N)NCCCCCCCCC(C)C1OC(=O)C(C)=CCCC(C)C(O)CC(O)C(C)C(O)CCC(C)C(O)CC2(O)OC(CC(OC(=O)CC(=O)O)CC(O)CC(O)CC(O)C(C)C(O)C=CC1C)CC(O)C2O. The van der Waals surface area contributed by atoms with Crippen molar-refractivity contribution in [3.05, 3.63) is 23.8 Å². The highest BCUT2D eigenvalue weighted by atomic mass is 16.7. The van der Waals surface area contributed by atoms with Gasteiger partial charge in [-0.25, -0.2) is 4.79 Å². The molecule has 77 heavy (non-hydrogen) atoms. The summed E-state index contributed by atoms with van der Waals surface area (Å²) in [6, 6.07) is 0. The van der Waals surface area contributed by atoms with Gasteiger partial charge < -0.3 is 86.5 Å². The Morgan fingerprint density at radius 2 is 1.36 bits per heavy atom. The maximum Gasteiger partial charge on any atom is 0.333 e. The molecule has 0 aromatic carbocycles. The maximum atomic E-state index is 13.7. The van der Waals surface area contributed by atoms with Crippen molar-refractivity contribution in [2.24, 2.45) is 46.2 Å². The number of ether oxygens (including phenoxy) is 3. The van der Waals surface area contributed by atoms with Crippen molar-refractivity contribution in [1.29, 1.82) is 0 Å². The van der Waals surface area contributed by atoms with E-state index in [0.717, 1.165) is 51.5 Å². The van der Waals surface area contributed by atoms with E-state index in [9.17, 15) is 75.7 Å². The van der Waals surface area contributed by atoms with E-state index in [0.29, 0.717) is 24.4 Å². The summed E-state index contributed by atoms with van der Waals surface area (Å²) in [6.45, 7) is 13.0. The van der Waals surface area contributed by atoms with Crippen molar-refractivity contribution in [2.75, 3.05) is 13.6 Å². The molecule has 0 saturated carbocycles. The van der Waals surface area contributed by atoms with Gasteiger partial charge >= 0.3 is 17.9 Å². The highest BCUT2D eigenvalue weighted by molar-refractivity contribution is 5.90. The normalized spacial score (nSPS) is 37.6. The number of cyclic esters (lactones) is 1. The summed E-state index contributed by atoms with van der Waals surface area (Å²) in [7, 11) is 1.63. The van der Waals surface area contributed by atoms with Crippen molar-refractivity contribution >= 4 is 23.9 Å². The van der Waals surface area contributed by atoms with Gasteiger partial charge in [-0.2, -0.15) is 0 Å². The van der Waals surface area contributed by atoms with Crippen LogP contribution < -0.4 is 11.1 Å². The minimum atomic E-state index is -2.53. The first-order chi connectivity index (χ1) is 36.1. The number of esters is 2. The van der Waals surface area contributed by atoms with Gasteiger partial charge in [0.25, 0.3) is 0 Å². The van der Waals surface area contributed by atoms with Crippen LogP contribution in [0, 0.1) is 35.5 Å². The van der Waals surface area contributed by atoms with Gasteiger partial charge in [0.05, 0.1) is 61.0 Å². The second-order valence-electron chi connectivity index (χ2n) is 22.8. The molecule has 0 spiro atoms. The lowest BCUT2D eigenvalue weighted by Gasteiger charge is -2.45. The second-order valence-corrected chi connectivity index (χ2v) is 22.8. The molecule has 0 aromatic heterocycles. The van der Waals surface area contributed by atoms with Gasteiger partial charge in [0.15, 0.2) is 11.7 Å². The molecule has 0 aromatic rings. The summed E-state index contributed by atoms with van der Waals surface area (Å²) < 4.78 is 17.5. The number of aliphatic hydroxyl groups is 11. The third-order valence-electron chi connectivity index (χ3n) is 16.0. The number of carboxylic acids is 1. The zero-order valence-electron chi connectivity index (χ0n) is 47.2. The van der Waals surface area contributed by atoms with Crippen molar-refractivity contribution in [1.82, 2.24) is 5.32 Å². The van der Waals surface area contributed by atoms with Crippen LogP contribution in [-0.2, 0) is 28.6 Å². The number of fused-ring (bicyclic) bond motifs is 2.